The number of benzene rings is 1. The summed E-state index contributed by atoms with van der Waals surface area (Å²) >= 11 is 0. The number of para-hydroxylation sites is 1. The van der Waals surface area contributed by atoms with Crippen molar-refractivity contribution >= 4 is 11.6 Å². The Morgan fingerprint density at radius 1 is 1.11 bits per heavy atom. The summed E-state index contributed by atoms with van der Waals surface area (Å²) in [4.78, 5) is 14.2. The maximum Gasteiger partial charge on any atom is 0.266 e. The van der Waals surface area contributed by atoms with Crippen LogP contribution in [0, 0.1) is 44.8 Å². The van der Waals surface area contributed by atoms with Gasteiger partial charge in [-0.1, -0.05) is 18.2 Å². The second-order valence-electron chi connectivity index (χ2n) is 6.47. The highest BCUT2D eigenvalue weighted by Crippen LogP contribution is 2.85. The van der Waals surface area contributed by atoms with Crippen LogP contribution in [-0.2, 0) is 19.7 Å². The molecule has 1 aromatic carbocycles. The summed E-state index contributed by atoms with van der Waals surface area (Å²) in [6.07, 6.45) is 0. The summed E-state index contributed by atoms with van der Waals surface area (Å²) in [7, 11) is 1.68. The monoisotopic (exact) mass is 365 g/mol. The molecule has 27 heavy (non-hydrogen) atoms. The van der Waals surface area contributed by atoms with Gasteiger partial charge >= 0.3 is 0 Å². The minimum Gasteiger partial charge on any atom is -0.368 e. The topological polar surface area (TPSA) is 136 Å². The van der Waals surface area contributed by atoms with E-state index in [4.69, 9.17) is 15.2 Å². The van der Waals surface area contributed by atoms with E-state index in [0.29, 0.717) is 11.3 Å². The fraction of sp³-hybridized carbons (Fsp3) is 0.474. The Morgan fingerprint density at radius 2 is 1.67 bits per heavy atom. The summed E-state index contributed by atoms with van der Waals surface area (Å²) in [5, 5.41) is 30.1. The van der Waals surface area contributed by atoms with E-state index in [-0.39, 0.29) is 13.2 Å². The molecular formula is C19H19N5O3. The Labute approximate surface area is 157 Å². The largest absolute Gasteiger partial charge is 0.368 e. The number of anilines is 1. The molecule has 8 heteroatoms. The number of hydrogen-bond donors (Lipinski definition) is 1. The molecule has 2 atom stereocenters. The zero-order valence-electron chi connectivity index (χ0n) is 15.3. The van der Waals surface area contributed by atoms with Gasteiger partial charge in [-0.2, -0.15) is 15.8 Å². The van der Waals surface area contributed by atoms with Crippen molar-refractivity contribution in [3.63, 3.8) is 0 Å². The van der Waals surface area contributed by atoms with Gasteiger partial charge in [-0.25, -0.2) is 0 Å². The first-order chi connectivity index (χ1) is 12.9. The van der Waals surface area contributed by atoms with Crippen molar-refractivity contribution in [2.45, 2.75) is 25.2 Å². The molecule has 0 unspecified atom stereocenters. The van der Waals surface area contributed by atoms with Gasteiger partial charge in [0.1, 0.15) is 5.41 Å². The molecule has 0 bridgehead atoms. The first-order valence-electron chi connectivity index (χ1n) is 8.54. The van der Waals surface area contributed by atoms with Crippen molar-refractivity contribution in [3.05, 3.63) is 29.8 Å². The third-order valence-corrected chi connectivity index (χ3v) is 5.76. The lowest BCUT2D eigenvalue weighted by molar-refractivity contribution is -0.253. The number of ether oxygens (including phenoxy) is 2. The van der Waals surface area contributed by atoms with Gasteiger partial charge in [-0.3, -0.25) is 4.79 Å². The van der Waals surface area contributed by atoms with Crippen LogP contribution >= 0.6 is 0 Å². The summed E-state index contributed by atoms with van der Waals surface area (Å²) in [6.45, 7) is 3.78. The minimum absolute atomic E-state index is 0.160. The Morgan fingerprint density at radius 3 is 2.07 bits per heavy atom. The molecule has 1 aromatic rings. The molecule has 2 N–H and O–H groups in total. The number of primary amides is 1. The van der Waals surface area contributed by atoms with E-state index in [1.807, 2.05) is 18.2 Å². The van der Waals surface area contributed by atoms with E-state index < -0.39 is 28.1 Å². The van der Waals surface area contributed by atoms with Gasteiger partial charge in [0.05, 0.1) is 18.2 Å². The fourth-order valence-electron chi connectivity index (χ4n) is 4.90. The van der Waals surface area contributed by atoms with Crippen LogP contribution < -0.4 is 10.6 Å². The van der Waals surface area contributed by atoms with E-state index in [1.54, 1.807) is 50.1 Å². The highest BCUT2D eigenvalue weighted by atomic mass is 16.7. The SMILES string of the molecule is CCOC1(OCC)N(C)c2ccccc2[C@]12C(C#N)(C#N)[C@@]2(C#N)C(N)=O. The number of amides is 1. The number of nitrogens with zero attached hydrogens (tertiary/aromatic N) is 4. The number of likely N-dealkylation sites (N-methyl/N-ethyl adjacent to an activating group) is 1. The molecule has 0 radical (unpaired) electrons. The second kappa shape index (κ2) is 5.69. The van der Waals surface area contributed by atoms with Gasteiger partial charge in [0.2, 0.25) is 5.91 Å². The molecule has 0 aromatic heterocycles. The van der Waals surface area contributed by atoms with Crippen LogP contribution in [0.15, 0.2) is 24.3 Å². The van der Waals surface area contributed by atoms with Crippen molar-refractivity contribution in [2.75, 3.05) is 25.2 Å². The van der Waals surface area contributed by atoms with Crippen LogP contribution in [0.25, 0.3) is 0 Å². The normalized spacial score (nSPS) is 28.7. The van der Waals surface area contributed by atoms with Crippen molar-refractivity contribution in [2.24, 2.45) is 16.6 Å². The predicted octanol–water partition coefficient (Wildman–Crippen LogP) is 1.14. The number of nitrogens with two attached hydrogens (primary N) is 1. The van der Waals surface area contributed by atoms with Crippen molar-refractivity contribution in [1.29, 1.82) is 15.8 Å². The van der Waals surface area contributed by atoms with Gasteiger partial charge < -0.3 is 20.1 Å². The maximum atomic E-state index is 12.6. The first-order valence-corrected chi connectivity index (χ1v) is 8.54. The van der Waals surface area contributed by atoms with E-state index in [1.165, 1.54) is 0 Å². The van der Waals surface area contributed by atoms with Gasteiger partial charge in [0.15, 0.2) is 10.8 Å². The predicted molar refractivity (Wildman–Crippen MR) is 93.4 cm³/mol. The van der Waals surface area contributed by atoms with Gasteiger partial charge in [-0.15, -0.1) is 0 Å². The summed E-state index contributed by atoms with van der Waals surface area (Å²) < 4.78 is 12.0. The summed E-state index contributed by atoms with van der Waals surface area (Å²) in [5.41, 5.74) is 0.800. The van der Waals surface area contributed by atoms with E-state index >= 15 is 0 Å². The zero-order valence-corrected chi connectivity index (χ0v) is 15.3. The molecular weight excluding hydrogens is 346 g/mol. The third-order valence-electron chi connectivity index (χ3n) is 5.76. The fourth-order valence-corrected chi connectivity index (χ4v) is 4.90. The molecule has 138 valence electrons. The van der Waals surface area contributed by atoms with Crippen LogP contribution in [0.2, 0.25) is 0 Å². The highest BCUT2D eigenvalue weighted by Gasteiger charge is 3.03. The van der Waals surface area contributed by atoms with Crippen LogP contribution in [0.1, 0.15) is 19.4 Å². The lowest BCUT2D eigenvalue weighted by Gasteiger charge is -2.41. The van der Waals surface area contributed by atoms with Gasteiger partial charge in [-0.05, 0) is 25.5 Å². The van der Waals surface area contributed by atoms with Crippen molar-refractivity contribution < 1.29 is 14.3 Å². The molecule has 1 saturated carbocycles. The lowest BCUT2D eigenvalue weighted by Crippen LogP contribution is -2.59. The average Bonchev–Trinajstić information content (AvgIpc) is 3.18. The number of carbonyl (C=O) groups excluding carboxylic acids is 1. The highest BCUT2D eigenvalue weighted by molar-refractivity contribution is 5.99. The average molecular weight is 365 g/mol. The number of carbonyl (C=O) groups is 1. The smallest absolute Gasteiger partial charge is 0.266 e. The van der Waals surface area contributed by atoms with Crippen LogP contribution in [0.5, 0.6) is 0 Å². The molecule has 2 aliphatic rings. The molecule has 1 heterocycles. The Bertz CT molecular complexity index is 920. The standard InChI is InChI=1S/C19H19N5O3/c1-4-26-19(27-5-2)18(13-8-6-7-9-14(13)24(19)3)16(10-20,11-21)17(18,12-22)15(23)25/h6-9H,4-5H2,1-3H3,(H2,23,25)/t17-,18-/m1/s1. The van der Waals surface area contributed by atoms with Crippen molar-refractivity contribution in [1.82, 2.24) is 0 Å². The van der Waals surface area contributed by atoms with Crippen LogP contribution in [0.3, 0.4) is 0 Å². The molecule has 8 nitrogen and oxygen atoms in total. The molecule has 3 rings (SSSR count). The third kappa shape index (κ3) is 1.52. The maximum absolute atomic E-state index is 12.6. The molecule has 1 aliphatic carbocycles. The molecule has 0 saturated heterocycles. The van der Waals surface area contributed by atoms with E-state index in [0.717, 1.165) is 0 Å². The second-order valence-corrected chi connectivity index (χ2v) is 6.47. The molecule has 1 spiro atoms. The van der Waals surface area contributed by atoms with E-state index in [2.05, 4.69) is 0 Å². The first kappa shape index (κ1) is 18.7. The number of nitriles is 3. The number of fused-ring (bicyclic) bond motifs is 2. The Balaban J connectivity index is 2.54. The molecule has 1 amide bonds. The molecule has 1 aliphatic heterocycles. The lowest BCUT2D eigenvalue weighted by atomic mass is 9.83. The summed E-state index contributed by atoms with van der Waals surface area (Å²) in [5.74, 6) is -2.77. The van der Waals surface area contributed by atoms with Gasteiger partial charge in [0, 0.05) is 25.9 Å². The minimum atomic E-state index is -2.13. The Kier molecular flexibility index (Phi) is 3.93. The van der Waals surface area contributed by atoms with Crippen LogP contribution in [-0.4, -0.2) is 32.1 Å². The van der Waals surface area contributed by atoms with Crippen molar-refractivity contribution in [3.8, 4) is 18.2 Å². The Hall–Kier alpha value is -3.12. The zero-order chi connectivity index (χ0) is 20.1. The van der Waals surface area contributed by atoms with Crippen LogP contribution in [0.4, 0.5) is 5.69 Å². The number of rotatable bonds is 5. The number of hydrogen-bond acceptors (Lipinski definition) is 7. The quantitative estimate of drug-likeness (QED) is 0.773. The van der Waals surface area contributed by atoms with Gasteiger partial charge in [0.25, 0.3) is 5.91 Å². The van der Waals surface area contributed by atoms with E-state index in [9.17, 15) is 20.6 Å². The summed E-state index contributed by atoms with van der Waals surface area (Å²) in [6, 6.07) is 12.7. The molecule has 1 fully saturated rings.